The number of hydrogen-bond donors (Lipinski definition) is 3. The zero-order valence-electron chi connectivity index (χ0n) is 16.2. The van der Waals surface area contributed by atoms with Crippen molar-refractivity contribution >= 4 is 28.5 Å². The van der Waals surface area contributed by atoms with Gasteiger partial charge >= 0.3 is 0 Å². The van der Waals surface area contributed by atoms with Crippen molar-refractivity contribution in [1.82, 2.24) is 29.7 Å². The number of aromatic nitrogens is 5. The number of nitrogens with zero attached hydrogens (tertiary/aromatic N) is 4. The molecule has 4 aromatic heterocycles. The van der Waals surface area contributed by atoms with Crippen molar-refractivity contribution in [3.05, 3.63) is 42.6 Å². The van der Waals surface area contributed by atoms with Gasteiger partial charge in [-0.1, -0.05) is 0 Å². The number of halogens is 4. The topological polar surface area (TPSA) is 100 Å². The van der Waals surface area contributed by atoms with Crippen LogP contribution in [0.15, 0.2) is 36.9 Å². The fourth-order valence-corrected chi connectivity index (χ4v) is 3.03. The largest absolute Gasteiger partial charge is 0.348 e. The Hall–Kier alpha value is -3.70. The number of amides is 1. The van der Waals surface area contributed by atoms with Crippen LogP contribution in [0, 0.1) is 0 Å². The Bertz CT molecular complexity index is 1250. The number of carbonyl (C=O) groups is 1. The normalized spacial score (nSPS) is 12.1. The first kappa shape index (κ1) is 20.6. The molecule has 0 aliphatic carbocycles. The highest BCUT2D eigenvalue weighted by atomic mass is 19.3. The summed E-state index contributed by atoms with van der Waals surface area (Å²) in [4.78, 5) is 27.6. The lowest BCUT2D eigenvalue weighted by Crippen LogP contribution is -2.29. The van der Waals surface area contributed by atoms with Crippen molar-refractivity contribution < 1.29 is 22.4 Å². The standard InChI is InChI=1S/C19H17F4N7O/c1-19(22,23)9-28-18-27-5-12-11(4-25-16(12)29-18)10-2-3-15-24-6-13(30(15)8-10)17(31)26-7-14(20)21/h2-6,8,14H,7,9H2,1H3,(H,26,31)(H2,25,27,28,29). The molecule has 4 aromatic rings. The number of carbonyl (C=O) groups excluding carboxylic acids is 1. The van der Waals surface area contributed by atoms with Crippen molar-refractivity contribution in [1.29, 1.82) is 0 Å². The fourth-order valence-electron chi connectivity index (χ4n) is 3.03. The summed E-state index contributed by atoms with van der Waals surface area (Å²) in [7, 11) is 0. The molecule has 8 nitrogen and oxygen atoms in total. The molecule has 1 amide bonds. The number of hydrogen-bond acceptors (Lipinski definition) is 5. The molecule has 0 radical (unpaired) electrons. The SMILES string of the molecule is CC(F)(F)CNc1ncc2c(-c3ccc4ncc(C(=O)NCC(F)F)n4c3)c[nH]c2n1. The maximum absolute atomic E-state index is 13.0. The maximum Gasteiger partial charge on any atom is 0.270 e. The number of pyridine rings is 1. The van der Waals surface area contributed by atoms with E-state index >= 15 is 0 Å². The minimum Gasteiger partial charge on any atom is -0.348 e. The lowest BCUT2D eigenvalue weighted by Gasteiger charge is -2.10. The summed E-state index contributed by atoms with van der Waals surface area (Å²) in [5, 5.41) is 5.27. The number of alkyl halides is 4. The first-order chi connectivity index (χ1) is 14.7. The third-order valence-corrected chi connectivity index (χ3v) is 4.46. The zero-order chi connectivity index (χ0) is 22.2. The van der Waals surface area contributed by atoms with E-state index < -0.39 is 31.3 Å². The zero-order valence-corrected chi connectivity index (χ0v) is 16.2. The van der Waals surface area contributed by atoms with Crippen LogP contribution in [-0.2, 0) is 0 Å². The van der Waals surface area contributed by atoms with Crippen molar-refractivity contribution in [2.24, 2.45) is 0 Å². The molecule has 0 bridgehead atoms. The average molecular weight is 435 g/mol. The summed E-state index contributed by atoms with van der Waals surface area (Å²) in [6, 6.07) is 3.45. The molecule has 0 aliphatic heterocycles. The number of fused-ring (bicyclic) bond motifs is 2. The fraction of sp³-hybridized carbons (Fsp3) is 0.263. The first-order valence-corrected chi connectivity index (χ1v) is 9.21. The van der Waals surface area contributed by atoms with Gasteiger partial charge in [0, 0.05) is 42.0 Å². The average Bonchev–Trinajstić information content (AvgIpc) is 3.33. The van der Waals surface area contributed by atoms with Gasteiger partial charge in [-0.2, -0.15) is 4.98 Å². The van der Waals surface area contributed by atoms with Crippen LogP contribution in [0.1, 0.15) is 17.4 Å². The van der Waals surface area contributed by atoms with Crippen LogP contribution >= 0.6 is 0 Å². The smallest absolute Gasteiger partial charge is 0.270 e. The number of imidazole rings is 1. The van der Waals surface area contributed by atoms with Crippen LogP contribution < -0.4 is 10.6 Å². The van der Waals surface area contributed by atoms with Crippen LogP contribution in [0.2, 0.25) is 0 Å². The van der Waals surface area contributed by atoms with Crippen LogP contribution in [0.3, 0.4) is 0 Å². The van der Waals surface area contributed by atoms with Gasteiger partial charge < -0.3 is 15.6 Å². The summed E-state index contributed by atoms with van der Waals surface area (Å²) >= 11 is 0. The molecular formula is C19H17F4N7O. The number of nitrogens with one attached hydrogen (secondary N) is 3. The van der Waals surface area contributed by atoms with E-state index in [1.54, 1.807) is 24.5 Å². The second-order valence-corrected chi connectivity index (χ2v) is 6.97. The molecule has 0 atom stereocenters. The van der Waals surface area contributed by atoms with E-state index in [2.05, 4.69) is 30.6 Å². The molecule has 12 heteroatoms. The Morgan fingerprint density at radius 3 is 2.81 bits per heavy atom. The second-order valence-electron chi connectivity index (χ2n) is 6.97. The van der Waals surface area contributed by atoms with Gasteiger partial charge in [-0.3, -0.25) is 9.20 Å². The first-order valence-electron chi connectivity index (χ1n) is 9.21. The third-order valence-electron chi connectivity index (χ3n) is 4.46. The van der Waals surface area contributed by atoms with E-state index in [1.807, 2.05) is 0 Å². The lowest BCUT2D eigenvalue weighted by molar-refractivity contribution is 0.0366. The van der Waals surface area contributed by atoms with Gasteiger partial charge in [0.1, 0.15) is 17.0 Å². The molecule has 4 heterocycles. The summed E-state index contributed by atoms with van der Waals surface area (Å²) in [6.07, 6.45) is 3.46. The van der Waals surface area contributed by atoms with E-state index in [9.17, 15) is 22.4 Å². The third kappa shape index (κ3) is 4.42. The summed E-state index contributed by atoms with van der Waals surface area (Å²) in [5.74, 6) is -3.51. The molecular weight excluding hydrogens is 418 g/mol. The molecule has 0 spiro atoms. The molecule has 0 aromatic carbocycles. The number of anilines is 1. The predicted octanol–water partition coefficient (Wildman–Crippen LogP) is 3.33. The molecule has 31 heavy (non-hydrogen) atoms. The Labute approximate surface area is 172 Å². The Kier molecular flexibility index (Phi) is 5.21. The summed E-state index contributed by atoms with van der Waals surface area (Å²) in [6.45, 7) is -0.564. The molecule has 3 N–H and O–H groups in total. The van der Waals surface area contributed by atoms with Gasteiger partial charge in [-0.25, -0.2) is 27.5 Å². The van der Waals surface area contributed by atoms with Gasteiger partial charge in [0.2, 0.25) is 5.95 Å². The van der Waals surface area contributed by atoms with Crippen molar-refractivity contribution in [2.45, 2.75) is 19.3 Å². The molecule has 0 saturated carbocycles. The van der Waals surface area contributed by atoms with Gasteiger partial charge in [-0.15, -0.1) is 0 Å². The second kappa shape index (κ2) is 7.85. The lowest BCUT2D eigenvalue weighted by atomic mass is 10.1. The Morgan fingerprint density at radius 1 is 1.26 bits per heavy atom. The van der Waals surface area contributed by atoms with Gasteiger partial charge in [0.05, 0.1) is 19.3 Å². The summed E-state index contributed by atoms with van der Waals surface area (Å²) < 4.78 is 52.3. The van der Waals surface area contributed by atoms with E-state index in [1.165, 1.54) is 16.8 Å². The van der Waals surface area contributed by atoms with Crippen molar-refractivity contribution in [3.63, 3.8) is 0 Å². The van der Waals surface area contributed by atoms with Gasteiger partial charge in [0.25, 0.3) is 18.3 Å². The molecule has 0 saturated heterocycles. The van der Waals surface area contributed by atoms with Crippen molar-refractivity contribution in [2.75, 3.05) is 18.4 Å². The van der Waals surface area contributed by atoms with Crippen LogP contribution in [-0.4, -0.2) is 55.7 Å². The van der Waals surface area contributed by atoms with Gasteiger partial charge in [0.15, 0.2) is 0 Å². The van der Waals surface area contributed by atoms with Gasteiger partial charge in [-0.05, 0) is 12.1 Å². The quantitative estimate of drug-likeness (QED) is 0.387. The molecule has 0 aliphatic rings. The summed E-state index contributed by atoms with van der Waals surface area (Å²) in [5.41, 5.74) is 2.41. The van der Waals surface area contributed by atoms with Crippen LogP contribution in [0.25, 0.3) is 27.8 Å². The van der Waals surface area contributed by atoms with Crippen LogP contribution in [0.4, 0.5) is 23.5 Å². The van der Waals surface area contributed by atoms with Crippen LogP contribution in [0.5, 0.6) is 0 Å². The van der Waals surface area contributed by atoms with Crippen molar-refractivity contribution in [3.8, 4) is 11.1 Å². The molecule has 0 unspecified atom stereocenters. The Morgan fingerprint density at radius 2 is 2.06 bits per heavy atom. The minimum absolute atomic E-state index is 0.0606. The highest BCUT2D eigenvalue weighted by Gasteiger charge is 2.21. The van der Waals surface area contributed by atoms with E-state index in [0.717, 1.165) is 6.92 Å². The monoisotopic (exact) mass is 435 g/mol. The number of rotatable bonds is 7. The molecule has 162 valence electrons. The predicted molar refractivity (Wildman–Crippen MR) is 106 cm³/mol. The Balaban J connectivity index is 1.65. The maximum atomic E-state index is 13.0. The molecule has 0 fully saturated rings. The minimum atomic E-state index is -2.90. The molecule has 4 rings (SSSR count). The number of H-pyrrole nitrogens is 1. The highest BCUT2D eigenvalue weighted by Crippen LogP contribution is 2.28. The highest BCUT2D eigenvalue weighted by molar-refractivity contribution is 5.95. The van der Waals surface area contributed by atoms with E-state index in [0.29, 0.717) is 27.8 Å². The van der Waals surface area contributed by atoms with E-state index in [4.69, 9.17) is 0 Å². The number of aromatic amines is 1. The van der Waals surface area contributed by atoms with E-state index in [-0.39, 0.29) is 11.6 Å².